The molecule has 0 aromatic heterocycles. The molecule has 0 heterocycles. The molecular formula is C18H19FN2O6S. The van der Waals surface area contributed by atoms with Crippen LogP contribution in [-0.2, 0) is 24.3 Å². The number of para-hydroxylation sites is 2. The van der Waals surface area contributed by atoms with E-state index in [9.17, 15) is 22.4 Å². The number of benzene rings is 2. The number of anilines is 1. The molecule has 2 aromatic rings. The van der Waals surface area contributed by atoms with E-state index in [4.69, 9.17) is 9.47 Å². The number of rotatable bonds is 8. The highest BCUT2D eigenvalue weighted by Gasteiger charge is 2.22. The van der Waals surface area contributed by atoms with Crippen LogP contribution in [0.25, 0.3) is 0 Å². The van der Waals surface area contributed by atoms with E-state index in [0.717, 1.165) is 12.1 Å². The van der Waals surface area contributed by atoms with Crippen LogP contribution in [0.3, 0.4) is 0 Å². The maximum absolute atomic E-state index is 13.6. The molecular weight excluding hydrogens is 391 g/mol. The predicted molar refractivity (Wildman–Crippen MR) is 98.8 cm³/mol. The molecule has 2 rings (SSSR count). The zero-order valence-electron chi connectivity index (χ0n) is 15.1. The van der Waals surface area contributed by atoms with Gasteiger partial charge >= 0.3 is 5.97 Å². The topological polar surface area (TPSA) is 111 Å². The van der Waals surface area contributed by atoms with E-state index >= 15 is 0 Å². The van der Waals surface area contributed by atoms with Crippen molar-refractivity contribution in [2.45, 2.75) is 17.9 Å². The molecule has 0 aliphatic rings. The van der Waals surface area contributed by atoms with Gasteiger partial charge in [0.05, 0.1) is 12.8 Å². The summed E-state index contributed by atoms with van der Waals surface area (Å²) in [6.07, 6.45) is -1.20. The number of ether oxygens (including phenoxy) is 2. The minimum absolute atomic E-state index is 0.387. The second-order valence-electron chi connectivity index (χ2n) is 5.58. The summed E-state index contributed by atoms with van der Waals surface area (Å²) < 4.78 is 49.6. The predicted octanol–water partition coefficient (Wildman–Crippen LogP) is 1.68. The Kier molecular flexibility index (Phi) is 7.07. The number of sulfonamides is 1. The Morgan fingerprint density at radius 1 is 1.11 bits per heavy atom. The van der Waals surface area contributed by atoms with E-state index in [0.29, 0.717) is 11.4 Å². The molecule has 0 fully saturated rings. The lowest BCUT2D eigenvalue weighted by molar-refractivity contribution is -0.151. The number of carbonyl (C=O) groups is 2. The summed E-state index contributed by atoms with van der Waals surface area (Å²) in [4.78, 5) is 23.4. The highest BCUT2D eigenvalue weighted by Crippen LogP contribution is 2.23. The monoisotopic (exact) mass is 410 g/mol. The zero-order valence-corrected chi connectivity index (χ0v) is 16.0. The van der Waals surface area contributed by atoms with Crippen LogP contribution in [0.1, 0.15) is 6.92 Å². The van der Waals surface area contributed by atoms with Crippen LogP contribution in [0.5, 0.6) is 5.75 Å². The maximum Gasteiger partial charge on any atom is 0.321 e. The molecule has 150 valence electrons. The fourth-order valence-electron chi connectivity index (χ4n) is 2.17. The zero-order chi connectivity index (χ0) is 20.7. The second-order valence-corrected chi connectivity index (χ2v) is 7.31. The first-order valence-electron chi connectivity index (χ1n) is 8.12. The first kappa shape index (κ1) is 21.3. The van der Waals surface area contributed by atoms with E-state index in [1.165, 1.54) is 26.2 Å². The first-order valence-corrected chi connectivity index (χ1v) is 9.60. The highest BCUT2D eigenvalue weighted by molar-refractivity contribution is 7.89. The standard InChI is InChI=1S/C18H19FN2O6S/c1-12(18(23)21-14-8-4-5-9-15(14)26-2)27-17(22)11-20-28(24,25)16-10-6-3-7-13(16)19/h3-10,12,20H,11H2,1-2H3,(H,21,23)/t12-/m0/s1. The molecule has 0 saturated carbocycles. The van der Waals surface area contributed by atoms with Crippen LogP contribution in [0.4, 0.5) is 10.1 Å². The number of esters is 1. The van der Waals surface area contributed by atoms with Crippen molar-refractivity contribution in [2.75, 3.05) is 19.0 Å². The normalized spacial score (nSPS) is 12.1. The lowest BCUT2D eigenvalue weighted by Crippen LogP contribution is -2.36. The summed E-state index contributed by atoms with van der Waals surface area (Å²) >= 11 is 0. The van der Waals surface area contributed by atoms with Crippen LogP contribution in [-0.4, -0.2) is 40.1 Å². The van der Waals surface area contributed by atoms with E-state index in [2.05, 4.69) is 5.32 Å². The molecule has 0 aliphatic carbocycles. The molecule has 10 heteroatoms. The van der Waals surface area contributed by atoms with Crippen molar-refractivity contribution in [3.8, 4) is 5.75 Å². The van der Waals surface area contributed by atoms with E-state index in [-0.39, 0.29) is 0 Å². The van der Waals surface area contributed by atoms with Crippen LogP contribution >= 0.6 is 0 Å². The molecule has 2 aromatic carbocycles. The van der Waals surface area contributed by atoms with E-state index < -0.39 is 45.3 Å². The summed E-state index contributed by atoms with van der Waals surface area (Å²) in [6.45, 7) is 0.566. The largest absolute Gasteiger partial charge is 0.495 e. The van der Waals surface area contributed by atoms with Crippen LogP contribution < -0.4 is 14.8 Å². The van der Waals surface area contributed by atoms with Gasteiger partial charge in [0.1, 0.15) is 23.0 Å². The van der Waals surface area contributed by atoms with Crippen molar-refractivity contribution in [2.24, 2.45) is 0 Å². The maximum atomic E-state index is 13.6. The smallest absolute Gasteiger partial charge is 0.321 e. The Morgan fingerprint density at radius 2 is 1.75 bits per heavy atom. The molecule has 0 radical (unpaired) electrons. The van der Waals surface area contributed by atoms with Crippen molar-refractivity contribution in [1.29, 1.82) is 0 Å². The fourth-order valence-corrected chi connectivity index (χ4v) is 3.21. The summed E-state index contributed by atoms with van der Waals surface area (Å²) in [5.41, 5.74) is 0.387. The average Bonchev–Trinajstić information content (AvgIpc) is 2.67. The number of carbonyl (C=O) groups excluding carboxylic acids is 2. The Bertz CT molecular complexity index is 964. The lowest BCUT2D eigenvalue weighted by Gasteiger charge is -2.15. The summed E-state index contributed by atoms with van der Waals surface area (Å²) in [6, 6.07) is 11.4. The van der Waals surface area contributed by atoms with Gasteiger partial charge in [-0.25, -0.2) is 12.8 Å². The number of hydrogen-bond donors (Lipinski definition) is 2. The minimum Gasteiger partial charge on any atom is -0.495 e. The van der Waals surface area contributed by atoms with E-state index in [1.807, 2.05) is 4.72 Å². The Labute approximate surface area is 161 Å². The van der Waals surface area contributed by atoms with Crippen molar-refractivity contribution in [3.63, 3.8) is 0 Å². The molecule has 28 heavy (non-hydrogen) atoms. The van der Waals surface area contributed by atoms with Crippen molar-refractivity contribution >= 4 is 27.6 Å². The van der Waals surface area contributed by atoms with Gasteiger partial charge < -0.3 is 14.8 Å². The third-order valence-electron chi connectivity index (χ3n) is 3.57. The molecule has 0 saturated heterocycles. The molecule has 0 bridgehead atoms. The highest BCUT2D eigenvalue weighted by atomic mass is 32.2. The fraction of sp³-hybridized carbons (Fsp3) is 0.222. The van der Waals surface area contributed by atoms with Gasteiger partial charge in [0.15, 0.2) is 6.10 Å². The van der Waals surface area contributed by atoms with Crippen LogP contribution in [0.15, 0.2) is 53.4 Å². The van der Waals surface area contributed by atoms with Gasteiger partial charge in [0.2, 0.25) is 10.0 Å². The Morgan fingerprint density at radius 3 is 2.43 bits per heavy atom. The summed E-state index contributed by atoms with van der Waals surface area (Å²) in [5.74, 6) is -2.16. The number of halogens is 1. The second kappa shape index (κ2) is 9.29. The molecule has 2 N–H and O–H groups in total. The third kappa shape index (κ3) is 5.51. The van der Waals surface area contributed by atoms with Gasteiger partial charge in [-0.2, -0.15) is 4.72 Å². The van der Waals surface area contributed by atoms with Crippen molar-refractivity contribution in [1.82, 2.24) is 4.72 Å². The molecule has 1 atom stereocenters. The van der Waals surface area contributed by atoms with Gasteiger partial charge in [-0.3, -0.25) is 9.59 Å². The molecule has 0 unspecified atom stereocenters. The Balaban J connectivity index is 1.92. The Hall–Kier alpha value is -2.98. The number of methoxy groups -OCH3 is 1. The summed E-state index contributed by atoms with van der Waals surface area (Å²) in [7, 11) is -2.80. The van der Waals surface area contributed by atoms with Gasteiger partial charge in [-0.15, -0.1) is 0 Å². The molecule has 8 nitrogen and oxygen atoms in total. The number of hydrogen-bond acceptors (Lipinski definition) is 6. The third-order valence-corrected chi connectivity index (χ3v) is 5.01. The minimum atomic E-state index is -4.24. The average molecular weight is 410 g/mol. The quantitative estimate of drug-likeness (QED) is 0.641. The van der Waals surface area contributed by atoms with Gasteiger partial charge in [-0.05, 0) is 31.2 Å². The van der Waals surface area contributed by atoms with Gasteiger partial charge in [0.25, 0.3) is 5.91 Å². The number of nitrogens with one attached hydrogen (secondary N) is 2. The molecule has 1 amide bonds. The van der Waals surface area contributed by atoms with Crippen molar-refractivity contribution < 1.29 is 31.9 Å². The van der Waals surface area contributed by atoms with Gasteiger partial charge in [-0.1, -0.05) is 24.3 Å². The lowest BCUT2D eigenvalue weighted by atomic mass is 10.2. The SMILES string of the molecule is COc1ccccc1NC(=O)[C@H](C)OC(=O)CNS(=O)(=O)c1ccccc1F. The van der Waals surface area contributed by atoms with E-state index in [1.54, 1.807) is 24.3 Å². The molecule has 0 aliphatic heterocycles. The number of amides is 1. The molecule has 0 spiro atoms. The van der Waals surface area contributed by atoms with Crippen LogP contribution in [0.2, 0.25) is 0 Å². The van der Waals surface area contributed by atoms with Crippen LogP contribution in [0, 0.1) is 5.82 Å². The first-order chi connectivity index (χ1) is 13.2. The summed E-state index contributed by atoms with van der Waals surface area (Å²) in [5, 5.41) is 2.54. The van der Waals surface area contributed by atoms with Gasteiger partial charge in [0, 0.05) is 0 Å². The van der Waals surface area contributed by atoms with Crippen molar-refractivity contribution in [3.05, 3.63) is 54.3 Å².